The molecule has 2 aromatic carbocycles. The summed E-state index contributed by atoms with van der Waals surface area (Å²) in [5.41, 5.74) is 0.750. The van der Waals surface area contributed by atoms with Crippen molar-refractivity contribution in [2.24, 2.45) is 0 Å². The number of carbonyl (C=O) groups is 1. The maximum Gasteiger partial charge on any atom is 0.494 e. The van der Waals surface area contributed by atoms with Gasteiger partial charge in [0.05, 0.1) is 57.4 Å². The number of alkyl halides is 2. The highest BCUT2D eigenvalue weighted by atomic mass is 19.3. The minimum absolute atomic E-state index is 0.0337. The highest BCUT2D eigenvalue weighted by Crippen LogP contribution is 2.42. The predicted molar refractivity (Wildman–Crippen MR) is 143 cm³/mol. The quantitative estimate of drug-likeness (QED) is 0.492. The molecule has 3 heterocycles. The molecule has 2 aliphatic rings. The Bertz CT molecular complexity index is 1410. The number of benzene rings is 2. The normalized spacial score (nSPS) is 20.5. The van der Waals surface area contributed by atoms with E-state index in [9.17, 15) is 13.6 Å². The lowest BCUT2D eigenvalue weighted by atomic mass is 9.48. The van der Waals surface area contributed by atoms with Gasteiger partial charge < -0.3 is 18.9 Å². The van der Waals surface area contributed by atoms with Gasteiger partial charge in [-0.15, -0.1) is 0 Å². The van der Waals surface area contributed by atoms with Crippen molar-refractivity contribution in [1.29, 1.82) is 0 Å². The molecule has 1 amide bonds. The van der Waals surface area contributed by atoms with Crippen LogP contribution in [0.3, 0.4) is 0 Å². The second-order valence-electron chi connectivity index (χ2n) is 10.7. The summed E-state index contributed by atoms with van der Waals surface area (Å²) in [6.07, 6.45) is 0.339. The maximum atomic E-state index is 13.8. The summed E-state index contributed by atoms with van der Waals surface area (Å²) in [6.45, 7) is 6.49. The van der Waals surface area contributed by atoms with Gasteiger partial charge >= 0.3 is 13.7 Å². The lowest BCUT2D eigenvalue weighted by Gasteiger charge is -2.41. The van der Waals surface area contributed by atoms with Crippen LogP contribution in [0.2, 0.25) is 0 Å². The van der Waals surface area contributed by atoms with Gasteiger partial charge in [-0.3, -0.25) is 9.36 Å². The minimum Gasteiger partial charge on any atom is -0.433 e. The van der Waals surface area contributed by atoms with Crippen LogP contribution in [0.4, 0.5) is 8.78 Å². The van der Waals surface area contributed by atoms with Crippen LogP contribution < -0.4 is 10.2 Å². The maximum absolute atomic E-state index is 13.8. The number of aromatic nitrogens is 2. The molecule has 13 heteroatoms. The van der Waals surface area contributed by atoms with E-state index in [4.69, 9.17) is 42.6 Å². The molecular formula is C25H25B4F2N3O4. The van der Waals surface area contributed by atoms with Crippen molar-refractivity contribution in [1.82, 2.24) is 14.5 Å². The number of carbonyl (C=O) groups excluding carboxylic acids is 1. The van der Waals surface area contributed by atoms with Crippen LogP contribution in [-0.2, 0) is 9.31 Å². The Balaban J connectivity index is 1.80. The number of halogens is 2. The lowest BCUT2D eigenvalue weighted by molar-refractivity contribution is -0.0498. The monoisotopic (exact) mass is 513 g/mol. The first kappa shape index (κ1) is 26.8. The Hall–Kier alpha value is -2.78. The van der Waals surface area contributed by atoms with Crippen LogP contribution in [0.1, 0.15) is 63.3 Å². The van der Waals surface area contributed by atoms with Crippen molar-refractivity contribution in [2.75, 3.05) is 0 Å². The van der Waals surface area contributed by atoms with E-state index in [-0.39, 0.29) is 17.0 Å². The summed E-state index contributed by atoms with van der Waals surface area (Å²) in [6, 6.07) is 8.95. The number of hydrogen-bond acceptors (Lipinski definition) is 5. The average molecular weight is 513 g/mol. The van der Waals surface area contributed by atoms with Crippen molar-refractivity contribution >= 4 is 53.1 Å². The summed E-state index contributed by atoms with van der Waals surface area (Å²) in [4.78, 5) is 19.7. The van der Waals surface area contributed by atoms with Gasteiger partial charge in [0.1, 0.15) is 11.5 Å². The third-order valence-electron chi connectivity index (χ3n) is 7.53. The zero-order valence-electron chi connectivity index (χ0n) is 21.9. The zero-order chi connectivity index (χ0) is 27.8. The SMILES string of the molecule is [B]C([B])([B])N1C(=O)c2cccc(OC(F)F)c2-n2c(nc3ccc(B4OC(C)(C)C(C)(C)O4)cc32)C1CC. The van der Waals surface area contributed by atoms with Crippen LogP contribution in [0.15, 0.2) is 36.4 Å². The molecule has 0 spiro atoms. The Morgan fingerprint density at radius 3 is 2.37 bits per heavy atom. The largest absolute Gasteiger partial charge is 0.494 e. The van der Waals surface area contributed by atoms with Crippen LogP contribution in [0, 0.1) is 0 Å². The first-order valence-corrected chi connectivity index (χ1v) is 12.3. The van der Waals surface area contributed by atoms with Gasteiger partial charge in [0.25, 0.3) is 5.91 Å². The second kappa shape index (κ2) is 8.88. The van der Waals surface area contributed by atoms with Gasteiger partial charge in [0.15, 0.2) is 5.75 Å². The first-order chi connectivity index (χ1) is 17.7. The van der Waals surface area contributed by atoms with E-state index in [0.717, 1.165) is 4.90 Å². The third kappa shape index (κ3) is 4.14. The number of nitrogens with zero attached hydrogens (tertiary/aromatic N) is 3. The fourth-order valence-electron chi connectivity index (χ4n) is 5.01. The Morgan fingerprint density at radius 1 is 1.13 bits per heavy atom. The molecule has 5 rings (SSSR count). The van der Waals surface area contributed by atoms with E-state index in [2.05, 4.69) is 0 Å². The van der Waals surface area contributed by atoms with Gasteiger partial charge in [-0.2, -0.15) is 8.78 Å². The van der Waals surface area contributed by atoms with Gasteiger partial charge in [-0.1, -0.05) is 24.3 Å². The molecule has 1 saturated heterocycles. The standard InChI is InChI=1S/C25H25B4F2N3O4/c1-6-16-20-32-15-11-10-13(29-37-23(2,3)24(4,5)38-29)12-17(15)33(20)19-14(21(35)34(16)25(26,27)28)8-7-9-18(19)36-22(30)31/h7-12,16,22H,6H2,1-5H3. The fourth-order valence-corrected chi connectivity index (χ4v) is 5.01. The van der Waals surface area contributed by atoms with Crippen LogP contribution in [-0.4, -0.2) is 74.1 Å². The second-order valence-corrected chi connectivity index (χ2v) is 10.7. The molecule has 1 fully saturated rings. The summed E-state index contributed by atoms with van der Waals surface area (Å²) in [5.74, 6) is -0.502. The van der Waals surface area contributed by atoms with Crippen molar-refractivity contribution < 1.29 is 27.6 Å². The smallest absolute Gasteiger partial charge is 0.433 e. The Morgan fingerprint density at radius 2 is 1.79 bits per heavy atom. The van der Waals surface area contributed by atoms with Crippen LogP contribution >= 0.6 is 0 Å². The van der Waals surface area contributed by atoms with Crippen molar-refractivity contribution in [3.05, 3.63) is 47.8 Å². The molecule has 1 aromatic heterocycles. The molecule has 2 aliphatic heterocycles. The number of imidazole rings is 1. The van der Waals surface area contributed by atoms with E-state index >= 15 is 0 Å². The highest BCUT2D eigenvalue weighted by molar-refractivity contribution is 6.62. The molecular weight excluding hydrogens is 488 g/mol. The van der Waals surface area contributed by atoms with E-state index in [0.29, 0.717) is 28.7 Å². The van der Waals surface area contributed by atoms with Gasteiger partial charge in [0, 0.05) is 0 Å². The predicted octanol–water partition coefficient (Wildman–Crippen LogP) is 2.95. The zero-order valence-corrected chi connectivity index (χ0v) is 21.9. The van der Waals surface area contributed by atoms with E-state index in [1.54, 1.807) is 10.6 Å². The van der Waals surface area contributed by atoms with Crippen molar-refractivity contribution in [2.45, 2.75) is 70.1 Å². The number of rotatable bonds is 5. The minimum atomic E-state index is -3.13. The van der Waals surface area contributed by atoms with E-state index < -0.39 is 42.1 Å². The van der Waals surface area contributed by atoms with Crippen LogP contribution in [0.5, 0.6) is 5.75 Å². The molecule has 6 radical (unpaired) electrons. The first-order valence-electron chi connectivity index (χ1n) is 12.3. The molecule has 3 aromatic rings. The lowest BCUT2D eigenvalue weighted by Crippen LogP contribution is -2.54. The van der Waals surface area contributed by atoms with Crippen molar-refractivity contribution in [3.8, 4) is 11.4 Å². The molecule has 0 N–H and O–H groups in total. The fraction of sp³-hybridized carbons (Fsp3) is 0.440. The van der Waals surface area contributed by atoms with Crippen molar-refractivity contribution in [3.63, 3.8) is 0 Å². The Labute approximate surface area is 224 Å². The number of para-hydroxylation sites is 1. The molecule has 0 aliphatic carbocycles. The molecule has 38 heavy (non-hydrogen) atoms. The number of ether oxygens (including phenoxy) is 1. The third-order valence-corrected chi connectivity index (χ3v) is 7.53. The van der Waals surface area contributed by atoms with E-state index in [1.165, 1.54) is 18.2 Å². The van der Waals surface area contributed by atoms with Gasteiger partial charge in [0.2, 0.25) is 0 Å². The van der Waals surface area contributed by atoms with Gasteiger partial charge in [-0.25, -0.2) is 4.98 Å². The summed E-state index contributed by atoms with van der Waals surface area (Å²) >= 11 is 0. The number of amides is 1. The van der Waals surface area contributed by atoms with E-state index in [1.807, 2.05) is 46.8 Å². The average Bonchev–Trinajstić information content (AvgIpc) is 3.24. The highest BCUT2D eigenvalue weighted by Gasteiger charge is 2.52. The molecule has 0 saturated carbocycles. The molecule has 190 valence electrons. The molecule has 0 bridgehead atoms. The number of fused-ring (bicyclic) bond motifs is 5. The molecule has 7 nitrogen and oxygen atoms in total. The number of hydrogen-bond donors (Lipinski definition) is 0. The van der Waals surface area contributed by atoms with Gasteiger partial charge in [-0.05, 0) is 63.8 Å². The molecule has 1 atom stereocenters. The molecule has 1 unspecified atom stereocenters. The Kier molecular flexibility index (Phi) is 6.26. The topological polar surface area (TPSA) is 65.8 Å². The summed E-state index contributed by atoms with van der Waals surface area (Å²) in [7, 11) is 17.5. The summed E-state index contributed by atoms with van der Waals surface area (Å²) < 4.78 is 45.9. The summed E-state index contributed by atoms with van der Waals surface area (Å²) in [5, 5.41) is -2.06. The van der Waals surface area contributed by atoms with Crippen LogP contribution in [0.25, 0.3) is 16.7 Å².